The molecule has 0 atom stereocenters. The summed E-state index contributed by atoms with van der Waals surface area (Å²) in [4.78, 5) is 21.3. The van der Waals surface area contributed by atoms with E-state index >= 15 is 0 Å². The largest absolute Gasteiger partial charge is 0.385 e. The lowest BCUT2D eigenvalue weighted by Crippen LogP contribution is -2.26. The highest BCUT2D eigenvalue weighted by molar-refractivity contribution is 5.82. The monoisotopic (exact) mass is 188 g/mol. The van der Waals surface area contributed by atoms with E-state index < -0.39 is 5.91 Å². The molecule has 0 aliphatic carbocycles. The number of ether oxygens (including phenoxy) is 1. The number of hydrogen-bond acceptors (Lipinski definition) is 3. The molecule has 5 nitrogen and oxygen atoms in total. The van der Waals surface area contributed by atoms with Crippen molar-refractivity contribution in [2.75, 3.05) is 20.3 Å². The van der Waals surface area contributed by atoms with Crippen LogP contribution in [0.1, 0.15) is 19.3 Å². The molecule has 13 heavy (non-hydrogen) atoms. The highest BCUT2D eigenvalue weighted by Gasteiger charge is 2.02. The van der Waals surface area contributed by atoms with Crippen LogP contribution < -0.4 is 11.1 Å². The first-order valence-corrected chi connectivity index (χ1v) is 4.20. The molecule has 0 saturated heterocycles. The Hall–Kier alpha value is -1.10. The standard InChI is InChI=1S/C8H16N2O3/c1-13-6-2-5-10-8(12)4-3-7(9)11/h2-6H2,1H3,(H2,9,11)(H,10,12). The van der Waals surface area contributed by atoms with Gasteiger partial charge in [0.05, 0.1) is 0 Å². The zero-order chi connectivity index (χ0) is 10.1. The van der Waals surface area contributed by atoms with Crippen molar-refractivity contribution in [3.63, 3.8) is 0 Å². The minimum absolute atomic E-state index is 0.107. The lowest BCUT2D eigenvalue weighted by atomic mass is 10.3. The highest BCUT2D eigenvalue weighted by Crippen LogP contribution is 1.87. The van der Waals surface area contributed by atoms with Gasteiger partial charge in [-0.05, 0) is 6.42 Å². The quantitative estimate of drug-likeness (QED) is 0.524. The van der Waals surface area contributed by atoms with E-state index in [1.807, 2.05) is 0 Å². The molecule has 3 N–H and O–H groups in total. The van der Waals surface area contributed by atoms with E-state index in [1.54, 1.807) is 7.11 Å². The van der Waals surface area contributed by atoms with E-state index in [2.05, 4.69) is 5.32 Å². The predicted octanol–water partition coefficient (Wildman–Crippen LogP) is -0.595. The van der Waals surface area contributed by atoms with Gasteiger partial charge < -0.3 is 15.8 Å². The van der Waals surface area contributed by atoms with E-state index in [4.69, 9.17) is 10.5 Å². The maximum absolute atomic E-state index is 11.0. The summed E-state index contributed by atoms with van der Waals surface area (Å²) in [7, 11) is 1.61. The summed E-state index contributed by atoms with van der Waals surface area (Å²) in [5.41, 5.74) is 4.88. The minimum Gasteiger partial charge on any atom is -0.385 e. The first kappa shape index (κ1) is 11.9. The summed E-state index contributed by atoms with van der Waals surface area (Å²) in [6, 6.07) is 0. The van der Waals surface area contributed by atoms with Gasteiger partial charge in [0.2, 0.25) is 11.8 Å². The fourth-order valence-corrected chi connectivity index (χ4v) is 0.769. The molecule has 0 aromatic heterocycles. The second kappa shape index (κ2) is 7.54. The SMILES string of the molecule is COCCCNC(=O)CCC(N)=O. The molecular formula is C8H16N2O3. The Morgan fingerprint density at radius 3 is 2.62 bits per heavy atom. The van der Waals surface area contributed by atoms with Crippen LogP contribution in [0.15, 0.2) is 0 Å². The van der Waals surface area contributed by atoms with Crippen LogP contribution in [0.2, 0.25) is 0 Å². The number of hydrogen-bond donors (Lipinski definition) is 2. The number of primary amides is 1. The summed E-state index contributed by atoms with van der Waals surface area (Å²) in [5, 5.41) is 2.65. The average Bonchev–Trinajstić information content (AvgIpc) is 2.09. The average molecular weight is 188 g/mol. The first-order valence-electron chi connectivity index (χ1n) is 4.20. The predicted molar refractivity (Wildman–Crippen MR) is 47.9 cm³/mol. The van der Waals surface area contributed by atoms with Gasteiger partial charge in [0.15, 0.2) is 0 Å². The third kappa shape index (κ3) is 8.81. The van der Waals surface area contributed by atoms with Gasteiger partial charge in [-0.1, -0.05) is 0 Å². The Kier molecular flexibility index (Phi) is 6.91. The Balaban J connectivity index is 3.25. The Morgan fingerprint density at radius 1 is 1.38 bits per heavy atom. The van der Waals surface area contributed by atoms with Gasteiger partial charge >= 0.3 is 0 Å². The number of carbonyl (C=O) groups excluding carboxylic acids is 2. The van der Waals surface area contributed by atoms with Crippen LogP contribution >= 0.6 is 0 Å². The molecule has 0 saturated carbocycles. The zero-order valence-corrected chi connectivity index (χ0v) is 7.84. The van der Waals surface area contributed by atoms with E-state index in [1.165, 1.54) is 0 Å². The van der Waals surface area contributed by atoms with Crippen molar-refractivity contribution in [1.82, 2.24) is 5.32 Å². The topological polar surface area (TPSA) is 81.4 Å². The van der Waals surface area contributed by atoms with Crippen LogP contribution in [0.5, 0.6) is 0 Å². The second-order valence-electron chi connectivity index (χ2n) is 2.66. The molecule has 0 unspecified atom stereocenters. The number of nitrogens with two attached hydrogens (primary N) is 1. The number of rotatable bonds is 7. The molecule has 0 aromatic rings. The van der Waals surface area contributed by atoms with E-state index in [-0.39, 0.29) is 18.7 Å². The maximum atomic E-state index is 11.0. The molecule has 0 aliphatic rings. The van der Waals surface area contributed by atoms with E-state index in [0.29, 0.717) is 13.2 Å². The smallest absolute Gasteiger partial charge is 0.220 e. The van der Waals surface area contributed by atoms with Gasteiger partial charge in [0.1, 0.15) is 0 Å². The molecule has 76 valence electrons. The van der Waals surface area contributed by atoms with Gasteiger partial charge in [0, 0.05) is 33.1 Å². The molecule has 5 heteroatoms. The normalized spacial score (nSPS) is 9.62. The van der Waals surface area contributed by atoms with E-state index in [9.17, 15) is 9.59 Å². The molecule has 0 heterocycles. The van der Waals surface area contributed by atoms with Crippen molar-refractivity contribution in [2.24, 2.45) is 5.73 Å². The van der Waals surface area contributed by atoms with Crippen molar-refractivity contribution in [2.45, 2.75) is 19.3 Å². The minimum atomic E-state index is -0.452. The first-order chi connectivity index (χ1) is 6.16. The number of amides is 2. The highest BCUT2D eigenvalue weighted by atomic mass is 16.5. The van der Waals surface area contributed by atoms with Crippen LogP contribution in [0.3, 0.4) is 0 Å². The summed E-state index contributed by atoms with van der Waals surface area (Å²) in [6.07, 6.45) is 1.05. The summed E-state index contributed by atoms with van der Waals surface area (Å²) in [5.74, 6) is -0.595. The summed E-state index contributed by atoms with van der Waals surface area (Å²) >= 11 is 0. The summed E-state index contributed by atoms with van der Waals surface area (Å²) in [6.45, 7) is 1.20. The number of carbonyl (C=O) groups is 2. The summed E-state index contributed by atoms with van der Waals surface area (Å²) < 4.78 is 4.80. The zero-order valence-electron chi connectivity index (χ0n) is 7.84. The van der Waals surface area contributed by atoms with Gasteiger partial charge in [-0.3, -0.25) is 9.59 Å². The Bertz CT molecular complexity index is 171. The molecule has 0 aliphatic heterocycles. The fourth-order valence-electron chi connectivity index (χ4n) is 0.769. The molecule has 0 radical (unpaired) electrons. The van der Waals surface area contributed by atoms with Crippen LogP contribution in [0, 0.1) is 0 Å². The molecule has 0 spiro atoms. The van der Waals surface area contributed by atoms with Gasteiger partial charge in [0.25, 0.3) is 0 Å². The second-order valence-corrected chi connectivity index (χ2v) is 2.66. The third-order valence-corrected chi connectivity index (χ3v) is 1.45. The van der Waals surface area contributed by atoms with E-state index in [0.717, 1.165) is 6.42 Å². The van der Waals surface area contributed by atoms with Crippen LogP contribution in [0.4, 0.5) is 0 Å². The third-order valence-electron chi connectivity index (χ3n) is 1.45. The van der Waals surface area contributed by atoms with Gasteiger partial charge in [-0.2, -0.15) is 0 Å². The van der Waals surface area contributed by atoms with Gasteiger partial charge in [-0.25, -0.2) is 0 Å². The van der Waals surface area contributed by atoms with Crippen molar-refractivity contribution in [3.8, 4) is 0 Å². The molecule has 0 rings (SSSR count). The maximum Gasteiger partial charge on any atom is 0.220 e. The Labute approximate surface area is 77.6 Å². The van der Waals surface area contributed by atoms with Crippen molar-refractivity contribution in [3.05, 3.63) is 0 Å². The lowest BCUT2D eigenvalue weighted by Gasteiger charge is -2.02. The molecule has 0 aromatic carbocycles. The van der Waals surface area contributed by atoms with Crippen LogP contribution in [-0.4, -0.2) is 32.1 Å². The molecular weight excluding hydrogens is 172 g/mol. The van der Waals surface area contributed by atoms with Crippen molar-refractivity contribution in [1.29, 1.82) is 0 Å². The molecule has 0 fully saturated rings. The molecule has 2 amide bonds. The van der Waals surface area contributed by atoms with Crippen molar-refractivity contribution >= 4 is 11.8 Å². The van der Waals surface area contributed by atoms with Crippen LogP contribution in [-0.2, 0) is 14.3 Å². The lowest BCUT2D eigenvalue weighted by molar-refractivity contribution is -0.125. The Morgan fingerprint density at radius 2 is 2.08 bits per heavy atom. The van der Waals surface area contributed by atoms with Crippen molar-refractivity contribution < 1.29 is 14.3 Å². The fraction of sp³-hybridized carbons (Fsp3) is 0.750. The molecule has 0 bridgehead atoms. The number of nitrogens with one attached hydrogen (secondary N) is 1. The number of methoxy groups -OCH3 is 1. The van der Waals surface area contributed by atoms with Crippen LogP contribution in [0.25, 0.3) is 0 Å². The van der Waals surface area contributed by atoms with Gasteiger partial charge in [-0.15, -0.1) is 0 Å².